The van der Waals surface area contributed by atoms with E-state index in [2.05, 4.69) is 0 Å². The van der Waals surface area contributed by atoms with Crippen molar-refractivity contribution in [3.63, 3.8) is 0 Å². The number of rotatable bonds is 7. The van der Waals surface area contributed by atoms with Crippen molar-refractivity contribution in [2.24, 2.45) is 0 Å². The van der Waals surface area contributed by atoms with E-state index in [-0.39, 0.29) is 12.6 Å². The van der Waals surface area contributed by atoms with Crippen molar-refractivity contribution < 1.29 is 33.3 Å². The van der Waals surface area contributed by atoms with E-state index in [4.69, 9.17) is 18.9 Å². The van der Waals surface area contributed by atoms with Crippen molar-refractivity contribution >= 4 is 18.2 Å². The van der Waals surface area contributed by atoms with Gasteiger partial charge in [0, 0.05) is 26.1 Å². The van der Waals surface area contributed by atoms with Crippen molar-refractivity contribution in [3.8, 4) is 5.75 Å². The van der Waals surface area contributed by atoms with Gasteiger partial charge in [-0.2, -0.15) is 0 Å². The minimum atomic E-state index is -0.634. The van der Waals surface area contributed by atoms with Crippen molar-refractivity contribution in [3.05, 3.63) is 65.7 Å². The molecule has 1 heterocycles. The first-order valence-electron chi connectivity index (χ1n) is 11.9. The highest BCUT2D eigenvalue weighted by atomic mass is 16.6. The second-order valence-corrected chi connectivity index (χ2v) is 9.47. The molecular formula is C27H34N2O7. The summed E-state index contributed by atoms with van der Waals surface area (Å²) in [5, 5.41) is 0. The summed E-state index contributed by atoms with van der Waals surface area (Å²) in [5.74, 6) is 0.164. The highest BCUT2D eigenvalue weighted by molar-refractivity contribution is 5.89. The molecule has 1 aliphatic rings. The molecule has 36 heavy (non-hydrogen) atoms. The fourth-order valence-electron chi connectivity index (χ4n) is 3.76. The number of carbonyl (C=O) groups excluding carboxylic acids is 3. The molecule has 0 aliphatic carbocycles. The molecule has 0 bridgehead atoms. The van der Waals surface area contributed by atoms with E-state index < -0.39 is 23.8 Å². The van der Waals surface area contributed by atoms with Crippen LogP contribution in [-0.2, 0) is 20.8 Å². The largest absolute Gasteiger partial charge is 0.494 e. The van der Waals surface area contributed by atoms with Gasteiger partial charge in [-0.25, -0.2) is 14.4 Å². The van der Waals surface area contributed by atoms with Crippen LogP contribution < -0.4 is 4.74 Å². The summed E-state index contributed by atoms with van der Waals surface area (Å²) >= 11 is 0. The molecule has 2 amide bonds. The molecule has 0 saturated carbocycles. The summed E-state index contributed by atoms with van der Waals surface area (Å²) in [7, 11) is 1.33. The summed E-state index contributed by atoms with van der Waals surface area (Å²) in [6.07, 6.45) is -0.375. The molecule has 1 fully saturated rings. The van der Waals surface area contributed by atoms with Gasteiger partial charge in [-0.15, -0.1) is 0 Å². The number of piperazine rings is 1. The highest BCUT2D eigenvalue weighted by Gasteiger charge is 2.35. The van der Waals surface area contributed by atoms with Crippen molar-refractivity contribution in [2.45, 2.75) is 45.4 Å². The molecule has 0 N–H and O–H groups in total. The lowest BCUT2D eigenvalue weighted by Crippen LogP contribution is -2.57. The summed E-state index contributed by atoms with van der Waals surface area (Å²) < 4.78 is 21.6. The van der Waals surface area contributed by atoms with Crippen LogP contribution in [0.25, 0.3) is 0 Å². The molecule has 0 spiro atoms. The number of amides is 2. The standard InChI is InChI=1S/C27H34N2O7/c1-27(2,3)36-26(32)29-16-15-28(25(31)35-19-20-8-6-5-7-9-20)18-22(29)14-17-34-23-12-10-21(11-13-23)24(30)33-4/h5-13,22H,14-19H2,1-4H3/t22-/m1/s1. The first-order chi connectivity index (χ1) is 17.2. The molecular weight excluding hydrogens is 464 g/mol. The molecule has 0 unspecified atom stereocenters. The third-order valence-electron chi connectivity index (χ3n) is 5.57. The maximum atomic E-state index is 12.9. The lowest BCUT2D eigenvalue weighted by atomic mass is 10.1. The predicted octanol–water partition coefficient (Wildman–Crippen LogP) is 4.50. The number of hydrogen-bond acceptors (Lipinski definition) is 7. The Hall–Kier alpha value is -3.75. The summed E-state index contributed by atoms with van der Waals surface area (Å²) in [6.45, 7) is 6.91. The summed E-state index contributed by atoms with van der Waals surface area (Å²) in [6, 6.07) is 15.8. The van der Waals surface area contributed by atoms with E-state index in [9.17, 15) is 14.4 Å². The Morgan fingerprint density at radius 1 is 0.944 bits per heavy atom. The minimum Gasteiger partial charge on any atom is -0.494 e. The van der Waals surface area contributed by atoms with Crippen molar-refractivity contribution in [2.75, 3.05) is 33.4 Å². The third-order valence-corrected chi connectivity index (χ3v) is 5.57. The quantitative estimate of drug-likeness (QED) is 0.410. The summed E-state index contributed by atoms with van der Waals surface area (Å²) in [5.41, 5.74) is 0.699. The van der Waals surface area contributed by atoms with Crippen LogP contribution in [0.2, 0.25) is 0 Å². The molecule has 9 heteroatoms. The van der Waals surface area contributed by atoms with Crippen LogP contribution in [0.5, 0.6) is 5.75 Å². The number of nitrogens with zero attached hydrogens (tertiary/aromatic N) is 2. The van der Waals surface area contributed by atoms with E-state index >= 15 is 0 Å². The molecule has 9 nitrogen and oxygen atoms in total. The average molecular weight is 499 g/mol. The fraction of sp³-hybridized carbons (Fsp3) is 0.444. The van der Waals surface area contributed by atoms with Gasteiger partial charge in [0.1, 0.15) is 18.0 Å². The van der Waals surface area contributed by atoms with Crippen molar-refractivity contribution in [1.82, 2.24) is 9.80 Å². The molecule has 3 rings (SSSR count). The van der Waals surface area contributed by atoms with Gasteiger partial charge in [-0.3, -0.25) is 0 Å². The number of benzene rings is 2. The maximum absolute atomic E-state index is 12.9. The Morgan fingerprint density at radius 3 is 2.28 bits per heavy atom. The Morgan fingerprint density at radius 2 is 1.64 bits per heavy atom. The zero-order chi connectivity index (χ0) is 26.1. The van der Waals surface area contributed by atoms with E-state index in [1.165, 1.54) is 7.11 Å². The minimum absolute atomic E-state index is 0.182. The van der Waals surface area contributed by atoms with Gasteiger partial charge in [-0.1, -0.05) is 30.3 Å². The van der Waals surface area contributed by atoms with E-state index in [0.29, 0.717) is 44.0 Å². The van der Waals surface area contributed by atoms with E-state index in [1.807, 2.05) is 51.1 Å². The number of ether oxygens (including phenoxy) is 4. The summed E-state index contributed by atoms with van der Waals surface area (Å²) in [4.78, 5) is 40.4. The van der Waals surface area contributed by atoms with Gasteiger partial charge >= 0.3 is 18.2 Å². The molecule has 0 aromatic heterocycles. The second kappa shape index (κ2) is 12.3. The lowest BCUT2D eigenvalue weighted by Gasteiger charge is -2.41. The Bertz CT molecular complexity index is 1020. The van der Waals surface area contributed by atoms with E-state index in [0.717, 1.165) is 5.56 Å². The van der Waals surface area contributed by atoms with Crippen LogP contribution in [0.4, 0.5) is 9.59 Å². The first kappa shape index (κ1) is 26.8. The van der Waals surface area contributed by atoms with Crippen LogP contribution in [0, 0.1) is 0 Å². The van der Waals surface area contributed by atoms with Gasteiger partial charge in [0.05, 0.1) is 25.3 Å². The fourth-order valence-corrected chi connectivity index (χ4v) is 3.76. The first-order valence-corrected chi connectivity index (χ1v) is 11.9. The maximum Gasteiger partial charge on any atom is 0.410 e. The van der Waals surface area contributed by atoms with Crippen LogP contribution in [0.15, 0.2) is 54.6 Å². The number of hydrogen-bond donors (Lipinski definition) is 0. The van der Waals surface area contributed by atoms with Gasteiger partial charge < -0.3 is 28.7 Å². The third kappa shape index (κ3) is 7.90. The van der Waals surface area contributed by atoms with Crippen LogP contribution in [0.1, 0.15) is 43.1 Å². The van der Waals surface area contributed by atoms with Gasteiger partial charge in [0.2, 0.25) is 0 Å². The molecule has 0 radical (unpaired) electrons. The van der Waals surface area contributed by atoms with Gasteiger partial charge in [0.25, 0.3) is 0 Å². The second-order valence-electron chi connectivity index (χ2n) is 9.47. The van der Waals surface area contributed by atoms with Crippen LogP contribution in [-0.4, -0.2) is 72.9 Å². The van der Waals surface area contributed by atoms with Gasteiger partial charge in [-0.05, 0) is 50.6 Å². The van der Waals surface area contributed by atoms with Crippen LogP contribution >= 0.6 is 0 Å². The van der Waals surface area contributed by atoms with Crippen molar-refractivity contribution in [1.29, 1.82) is 0 Å². The number of esters is 1. The molecule has 2 aromatic carbocycles. The molecule has 1 atom stereocenters. The SMILES string of the molecule is COC(=O)c1ccc(OCC[C@@H]2CN(C(=O)OCc3ccccc3)CCN2C(=O)OC(C)(C)C)cc1. The Labute approximate surface area is 211 Å². The molecule has 2 aromatic rings. The Balaban J connectivity index is 1.61. The average Bonchev–Trinajstić information content (AvgIpc) is 2.86. The number of carbonyl (C=O) groups is 3. The normalized spacial score (nSPS) is 15.7. The predicted molar refractivity (Wildman–Crippen MR) is 133 cm³/mol. The van der Waals surface area contributed by atoms with E-state index in [1.54, 1.807) is 34.1 Å². The molecule has 1 aliphatic heterocycles. The number of methoxy groups -OCH3 is 1. The monoisotopic (exact) mass is 498 g/mol. The zero-order valence-electron chi connectivity index (χ0n) is 21.3. The zero-order valence-corrected chi connectivity index (χ0v) is 21.3. The lowest BCUT2D eigenvalue weighted by molar-refractivity contribution is -0.00614. The van der Waals surface area contributed by atoms with Gasteiger partial charge in [0.15, 0.2) is 0 Å². The smallest absolute Gasteiger partial charge is 0.410 e. The molecule has 1 saturated heterocycles. The van der Waals surface area contributed by atoms with Crippen LogP contribution in [0.3, 0.4) is 0 Å². The Kier molecular flexibility index (Phi) is 9.16. The molecule has 194 valence electrons. The topological polar surface area (TPSA) is 94.6 Å². The highest BCUT2D eigenvalue weighted by Crippen LogP contribution is 2.20.